The first-order valence-corrected chi connectivity index (χ1v) is 22.9. The molecule has 298 valence electrons. The second-order valence-corrected chi connectivity index (χ2v) is 23.5. The lowest BCUT2D eigenvalue weighted by Crippen LogP contribution is -2.57. The molecule has 1 aromatic carbocycles. The molecule has 1 aromatic heterocycles. The Morgan fingerprint density at radius 1 is 1.02 bits per heavy atom. The number of rotatable bonds is 16. The van der Waals surface area contributed by atoms with E-state index < -0.39 is 37.5 Å². The van der Waals surface area contributed by atoms with E-state index in [1.54, 1.807) is 21.1 Å². The van der Waals surface area contributed by atoms with Crippen molar-refractivity contribution in [2.24, 2.45) is 5.41 Å². The van der Waals surface area contributed by atoms with Gasteiger partial charge in [-0.2, -0.15) is 0 Å². The Morgan fingerprint density at radius 2 is 1.68 bits per heavy atom. The summed E-state index contributed by atoms with van der Waals surface area (Å²) in [5.41, 5.74) is 3.76. The molecule has 2 heterocycles. The van der Waals surface area contributed by atoms with E-state index >= 15 is 0 Å². The first-order valence-electron chi connectivity index (χ1n) is 19.1. The third-order valence-corrected chi connectivity index (χ3v) is 15.6. The second-order valence-electron chi connectivity index (χ2n) is 17.9. The Balaban J connectivity index is 1.79. The molecule has 3 amide bonds. The fourth-order valence-corrected chi connectivity index (χ4v) is 8.28. The number of benzene rings is 1. The molecule has 11 nitrogen and oxygen atoms in total. The number of hydrogen-bond donors (Lipinski definition) is 3. The van der Waals surface area contributed by atoms with Gasteiger partial charge >= 0.3 is 6.09 Å². The first kappa shape index (κ1) is 44.6. The minimum Gasteiger partial charge on any atom is -0.444 e. The maximum absolute atomic E-state index is 14.6. The lowest BCUT2D eigenvalue weighted by Gasteiger charge is -2.38. The molecule has 1 aliphatic rings. The monoisotopic (exact) mass is 773 g/mol. The van der Waals surface area contributed by atoms with Crippen LogP contribution in [0.1, 0.15) is 99.3 Å². The van der Waals surface area contributed by atoms with Crippen LogP contribution in [-0.4, -0.2) is 103 Å². The molecule has 3 N–H and O–H groups in total. The molecule has 0 bridgehead atoms. The van der Waals surface area contributed by atoms with E-state index in [2.05, 4.69) is 61.6 Å². The van der Waals surface area contributed by atoms with Gasteiger partial charge in [-0.1, -0.05) is 65.8 Å². The molecule has 3 atom stereocenters. The number of aromatic nitrogens is 1. The zero-order valence-electron chi connectivity index (χ0n) is 34.4. The fraction of sp³-hybridized carbons (Fsp3) is 0.700. The van der Waals surface area contributed by atoms with Crippen molar-refractivity contribution in [1.29, 1.82) is 0 Å². The Hall–Kier alpha value is -2.84. The molecular weight excluding hydrogens is 707 g/mol. The van der Waals surface area contributed by atoms with Gasteiger partial charge in [-0.05, 0) is 81.6 Å². The lowest BCUT2D eigenvalue weighted by molar-refractivity contribution is -0.142. The molecule has 1 fully saturated rings. The number of carbonyl (C=O) groups is 3. The molecule has 13 heteroatoms. The minimum absolute atomic E-state index is 0.0281. The largest absolute Gasteiger partial charge is 0.444 e. The van der Waals surface area contributed by atoms with Crippen molar-refractivity contribution in [2.75, 3.05) is 32.8 Å². The zero-order chi connectivity index (χ0) is 39.8. The first-order chi connectivity index (χ1) is 24.5. The number of aliphatic hydroxyl groups is 1. The van der Waals surface area contributed by atoms with Gasteiger partial charge in [-0.25, -0.2) is 9.78 Å². The van der Waals surface area contributed by atoms with Gasteiger partial charge in [-0.3, -0.25) is 9.59 Å². The molecule has 0 spiro atoms. The standard InChI is InChI=1S/C40H67N5O6SSi/c1-28-33(52-27-43-28)30-18-16-29(17-19-30)25-42-35(47)32-24-31(51-53(11,12)40(8,9)10)26-45(32)36(48)34(38(2,3)4)41-20-22-44(21-14-13-15-23-46)37(49)50-39(5,6)7/h16-19,27,31-32,34,41,46H,13-15,20-26H2,1-12H3,(H,42,47)/t31-,32+,34-/m1/s1. The Labute approximate surface area is 323 Å². The Morgan fingerprint density at radius 3 is 2.23 bits per heavy atom. The van der Waals surface area contributed by atoms with Crippen LogP contribution in [0.5, 0.6) is 0 Å². The van der Waals surface area contributed by atoms with Crippen LogP contribution < -0.4 is 10.6 Å². The quantitative estimate of drug-likeness (QED) is 0.121. The highest BCUT2D eigenvalue weighted by molar-refractivity contribution is 7.13. The molecular formula is C40H67N5O6SSi. The van der Waals surface area contributed by atoms with Crippen LogP contribution in [0.4, 0.5) is 4.79 Å². The number of likely N-dealkylation sites (tertiary alicyclic amines) is 1. The van der Waals surface area contributed by atoms with Crippen molar-refractivity contribution in [2.45, 2.75) is 143 Å². The van der Waals surface area contributed by atoms with E-state index in [0.29, 0.717) is 45.6 Å². The van der Waals surface area contributed by atoms with Gasteiger partial charge in [0, 0.05) is 45.8 Å². The smallest absolute Gasteiger partial charge is 0.410 e. The van der Waals surface area contributed by atoms with Crippen LogP contribution in [0.25, 0.3) is 10.4 Å². The molecule has 0 aliphatic carbocycles. The van der Waals surface area contributed by atoms with Crippen molar-refractivity contribution in [3.63, 3.8) is 0 Å². The van der Waals surface area contributed by atoms with E-state index in [-0.39, 0.29) is 29.6 Å². The number of aliphatic hydroxyl groups excluding tert-OH is 1. The van der Waals surface area contributed by atoms with Gasteiger partial charge in [0.15, 0.2) is 8.32 Å². The average molecular weight is 774 g/mol. The number of unbranched alkanes of at least 4 members (excludes halogenated alkanes) is 2. The van der Waals surface area contributed by atoms with Gasteiger partial charge in [0.2, 0.25) is 11.8 Å². The number of carbonyl (C=O) groups excluding carboxylic acids is 3. The number of thiazole rings is 1. The molecule has 1 saturated heterocycles. The SMILES string of the molecule is Cc1ncsc1-c1ccc(CNC(=O)[C@@H]2C[C@@H](O[Si](C)(C)C(C)(C)C)CN2C(=O)[C@@H](NCCN(CCCCCO)C(=O)OC(C)(C)C)C(C)(C)C)cc1. The Bertz CT molecular complexity index is 1490. The van der Waals surface area contributed by atoms with Crippen molar-refractivity contribution in [3.05, 3.63) is 41.0 Å². The summed E-state index contributed by atoms with van der Waals surface area (Å²) in [6.45, 7) is 26.5. The molecule has 0 unspecified atom stereocenters. The molecule has 3 rings (SSSR count). The predicted molar refractivity (Wildman–Crippen MR) is 216 cm³/mol. The van der Waals surface area contributed by atoms with E-state index in [9.17, 15) is 19.5 Å². The molecule has 1 aliphatic heterocycles. The van der Waals surface area contributed by atoms with Crippen LogP contribution >= 0.6 is 11.3 Å². The minimum atomic E-state index is -2.20. The van der Waals surface area contributed by atoms with Gasteiger partial charge in [0.25, 0.3) is 0 Å². The number of nitrogens with zero attached hydrogens (tertiary/aromatic N) is 3. The summed E-state index contributed by atoms with van der Waals surface area (Å²) < 4.78 is 12.5. The summed E-state index contributed by atoms with van der Waals surface area (Å²) in [5.74, 6) is -0.358. The lowest BCUT2D eigenvalue weighted by atomic mass is 9.85. The maximum Gasteiger partial charge on any atom is 0.410 e. The predicted octanol–water partition coefficient (Wildman–Crippen LogP) is 7.13. The zero-order valence-corrected chi connectivity index (χ0v) is 36.2. The molecule has 0 saturated carbocycles. The molecule has 53 heavy (non-hydrogen) atoms. The summed E-state index contributed by atoms with van der Waals surface area (Å²) in [6, 6.07) is 6.82. The van der Waals surface area contributed by atoms with Gasteiger partial charge < -0.3 is 34.7 Å². The highest BCUT2D eigenvalue weighted by Gasteiger charge is 2.47. The highest BCUT2D eigenvalue weighted by Crippen LogP contribution is 2.39. The Kier molecular flexibility index (Phi) is 15.7. The topological polar surface area (TPSA) is 133 Å². The van der Waals surface area contributed by atoms with Crippen molar-refractivity contribution >= 4 is 37.6 Å². The van der Waals surface area contributed by atoms with Crippen LogP contribution in [0.15, 0.2) is 29.8 Å². The third-order valence-electron chi connectivity index (χ3n) is 10.1. The number of ether oxygens (including phenoxy) is 1. The summed E-state index contributed by atoms with van der Waals surface area (Å²) in [7, 11) is -2.20. The van der Waals surface area contributed by atoms with Crippen LogP contribution in [0.3, 0.4) is 0 Å². The van der Waals surface area contributed by atoms with Crippen molar-refractivity contribution in [1.82, 2.24) is 25.4 Å². The summed E-state index contributed by atoms with van der Waals surface area (Å²) in [5, 5.41) is 15.8. The van der Waals surface area contributed by atoms with Crippen molar-refractivity contribution in [3.8, 4) is 10.4 Å². The van der Waals surface area contributed by atoms with Gasteiger partial charge in [-0.15, -0.1) is 11.3 Å². The summed E-state index contributed by atoms with van der Waals surface area (Å²) in [6.07, 6.45) is 1.95. The molecule has 2 aromatic rings. The van der Waals surface area contributed by atoms with E-state index in [1.165, 1.54) is 0 Å². The van der Waals surface area contributed by atoms with Gasteiger partial charge in [0.05, 0.1) is 28.2 Å². The van der Waals surface area contributed by atoms with Crippen LogP contribution in [-0.2, 0) is 25.3 Å². The number of hydrogen-bond acceptors (Lipinski definition) is 9. The summed E-state index contributed by atoms with van der Waals surface area (Å²) >= 11 is 1.61. The number of nitrogens with one attached hydrogen (secondary N) is 2. The normalized spacial score (nSPS) is 17.5. The highest BCUT2D eigenvalue weighted by atomic mass is 32.1. The van der Waals surface area contributed by atoms with Crippen LogP contribution in [0, 0.1) is 12.3 Å². The van der Waals surface area contributed by atoms with E-state index in [0.717, 1.165) is 34.5 Å². The second kappa shape index (κ2) is 18.7. The third kappa shape index (κ3) is 13.2. The summed E-state index contributed by atoms with van der Waals surface area (Å²) in [4.78, 5) is 50.6. The fourth-order valence-electron chi connectivity index (χ4n) is 6.11. The van der Waals surface area contributed by atoms with E-state index in [1.807, 2.05) is 66.1 Å². The number of amides is 3. The van der Waals surface area contributed by atoms with E-state index in [4.69, 9.17) is 9.16 Å². The van der Waals surface area contributed by atoms with Gasteiger partial charge in [0.1, 0.15) is 11.6 Å². The molecule has 0 radical (unpaired) electrons. The maximum atomic E-state index is 14.6. The average Bonchev–Trinajstić information content (AvgIpc) is 3.66. The number of aryl methyl sites for hydroxylation is 1. The van der Waals surface area contributed by atoms with Crippen LogP contribution in [0.2, 0.25) is 18.1 Å². The van der Waals surface area contributed by atoms with Crippen molar-refractivity contribution < 1.29 is 28.7 Å².